The predicted molar refractivity (Wildman–Crippen MR) is 77.4 cm³/mol. The van der Waals surface area contributed by atoms with Crippen molar-refractivity contribution in [1.82, 2.24) is 0 Å². The Morgan fingerprint density at radius 1 is 1.53 bits per heavy atom. The van der Waals surface area contributed by atoms with Gasteiger partial charge in [0.2, 0.25) is 5.91 Å². The molecule has 0 radical (unpaired) electrons. The maximum Gasteiger partial charge on any atom is 0.237 e. The van der Waals surface area contributed by atoms with Gasteiger partial charge in [-0.1, -0.05) is 31.3 Å². The van der Waals surface area contributed by atoms with Crippen LogP contribution < -0.4 is 11.1 Å². The molecule has 0 heterocycles. The number of para-hydroxylation sites is 1. The molecule has 3 nitrogen and oxygen atoms in total. The van der Waals surface area contributed by atoms with Gasteiger partial charge in [-0.25, -0.2) is 4.39 Å². The van der Waals surface area contributed by atoms with Crippen LogP contribution in [0.4, 0.5) is 10.1 Å². The second kappa shape index (κ2) is 4.89. The fraction of sp³-hybridized carbons (Fsp3) is 0.429. The highest BCUT2D eigenvalue weighted by Crippen LogP contribution is 2.46. The Bertz CT molecular complexity index is 518. The molecule has 5 heteroatoms. The van der Waals surface area contributed by atoms with Crippen molar-refractivity contribution in [1.29, 1.82) is 0 Å². The first-order valence-corrected chi connectivity index (χ1v) is 6.64. The molecule has 0 saturated heterocycles. The van der Waals surface area contributed by atoms with Gasteiger partial charge in [0.1, 0.15) is 5.82 Å². The van der Waals surface area contributed by atoms with Crippen LogP contribution in [0.5, 0.6) is 0 Å². The van der Waals surface area contributed by atoms with Crippen molar-refractivity contribution in [3.8, 4) is 0 Å². The van der Waals surface area contributed by atoms with Crippen LogP contribution in [-0.4, -0.2) is 10.9 Å². The minimum absolute atomic E-state index is 0.192. The van der Waals surface area contributed by atoms with Crippen LogP contribution in [0.3, 0.4) is 0 Å². The first-order chi connectivity index (χ1) is 8.86. The third kappa shape index (κ3) is 2.34. The van der Waals surface area contributed by atoms with Crippen molar-refractivity contribution < 1.29 is 9.18 Å². The van der Waals surface area contributed by atoms with Gasteiger partial charge in [-0.2, -0.15) is 0 Å². The molecule has 0 unspecified atom stereocenters. The van der Waals surface area contributed by atoms with E-state index >= 15 is 0 Å². The highest BCUT2D eigenvalue weighted by atomic mass is 32.1. The maximum atomic E-state index is 13.7. The molecule has 2 rings (SSSR count). The first kappa shape index (κ1) is 13.9. The molecule has 1 saturated carbocycles. The van der Waals surface area contributed by atoms with Gasteiger partial charge < -0.3 is 11.1 Å². The lowest BCUT2D eigenvalue weighted by Crippen LogP contribution is -2.54. The minimum atomic E-state index is -0.816. The summed E-state index contributed by atoms with van der Waals surface area (Å²) < 4.78 is 13.7. The molecule has 19 heavy (non-hydrogen) atoms. The second-order valence-corrected chi connectivity index (χ2v) is 5.79. The third-order valence-corrected chi connectivity index (χ3v) is 4.15. The molecule has 0 atom stereocenters. The Balaban J connectivity index is 2.24. The zero-order chi connectivity index (χ0) is 14.2. The zero-order valence-electron chi connectivity index (χ0n) is 11.0. The lowest BCUT2D eigenvalue weighted by Gasteiger charge is -2.44. The Kier molecular flexibility index (Phi) is 3.58. The number of benzene rings is 1. The number of thiocarbonyl (C=S) groups is 1. The van der Waals surface area contributed by atoms with Crippen LogP contribution in [0.15, 0.2) is 18.2 Å². The van der Waals surface area contributed by atoms with Crippen LogP contribution in [-0.2, 0) is 4.79 Å². The van der Waals surface area contributed by atoms with Gasteiger partial charge in [-0.05, 0) is 37.3 Å². The van der Waals surface area contributed by atoms with Gasteiger partial charge in [-0.3, -0.25) is 4.79 Å². The number of nitrogens with two attached hydrogens (primary N) is 1. The molecule has 0 spiro atoms. The number of halogens is 1. The lowest BCUT2D eigenvalue weighted by molar-refractivity contribution is -0.127. The monoisotopic (exact) mass is 280 g/mol. The van der Waals surface area contributed by atoms with Gasteiger partial charge in [0.25, 0.3) is 0 Å². The van der Waals surface area contributed by atoms with E-state index in [0.717, 1.165) is 0 Å². The average molecular weight is 280 g/mol. The number of anilines is 1. The van der Waals surface area contributed by atoms with Crippen molar-refractivity contribution in [2.75, 3.05) is 5.32 Å². The molecular formula is C14H17FN2OS. The summed E-state index contributed by atoms with van der Waals surface area (Å²) in [7, 11) is 0. The van der Waals surface area contributed by atoms with Crippen molar-refractivity contribution in [3.05, 3.63) is 29.6 Å². The quantitative estimate of drug-likeness (QED) is 0.837. The van der Waals surface area contributed by atoms with E-state index in [1.54, 1.807) is 19.1 Å². The normalized spacial score (nSPS) is 25.5. The van der Waals surface area contributed by atoms with E-state index in [1.807, 2.05) is 6.92 Å². The van der Waals surface area contributed by atoms with Crippen LogP contribution in [0.1, 0.15) is 25.3 Å². The van der Waals surface area contributed by atoms with E-state index in [0.29, 0.717) is 24.3 Å². The van der Waals surface area contributed by atoms with E-state index in [2.05, 4.69) is 5.32 Å². The lowest BCUT2D eigenvalue weighted by atomic mass is 9.62. The molecule has 0 aliphatic heterocycles. The Morgan fingerprint density at radius 3 is 2.63 bits per heavy atom. The smallest absolute Gasteiger partial charge is 0.237 e. The van der Waals surface area contributed by atoms with Crippen LogP contribution in [0.25, 0.3) is 0 Å². The molecular weight excluding hydrogens is 263 g/mol. The number of carbonyl (C=O) groups is 1. The Morgan fingerprint density at radius 2 is 2.16 bits per heavy atom. The summed E-state index contributed by atoms with van der Waals surface area (Å²) in [6.45, 7) is 3.79. The van der Waals surface area contributed by atoms with Crippen molar-refractivity contribution >= 4 is 28.8 Å². The zero-order valence-corrected chi connectivity index (χ0v) is 11.8. The second-order valence-electron chi connectivity index (χ2n) is 5.35. The molecule has 1 aromatic carbocycles. The minimum Gasteiger partial charge on any atom is -0.392 e. The highest BCUT2D eigenvalue weighted by molar-refractivity contribution is 7.80. The number of nitrogens with one attached hydrogen (secondary N) is 1. The van der Waals surface area contributed by atoms with Gasteiger partial charge >= 0.3 is 0 Å². The van der Waals surface area contributed by atoms with Crippen LogP contribution in [0, 0.1) is 24.1 Å². The third-order valence-electron chi connectivity index (χ3n) is 3.76. The van der Waals surface area contributed by atoms with Gasteiger partial charge in [0.05, 0.1) is 16.1 Å². The Labute approximate surface area is 117 Å². The molecule has 0 bridgehead atoms. The summed E-state index contributed by atoms with van der Waals surface area (Å²) in [5.41, 5.74) is 5.78. The summed E-state index contributed by atoms with van der Waals surface area (Å²) in [4.78, 5) is 12.6. The molecule has 1 amide bonds. The standard InChI is InChI=1S/C14H17FN2OS/c1-8-6-14(7-8,12(16)19)13(18)17-11-9(2)4-3-5-10(11)15/h3-5,8H,6-7H2,1-2H3,(H2,16,19)(H,17,18). The number of aryl methyl sites for hydroxylation is 1. The number of amides is 1. The number of carbonyl (C=O) groups excluding carboxylic acids is 1. The average Bonchev–Trinajstić information content (AvgIpc) is 2.29. The van der Waals surface area contributed by atoms with Gasteiger partial charge in [0, 0.05) is 0 Å². The largest absolute Gasteiger partial charge is 0.392 e. The maximum absolute atomic E-state index is 13.7. The van der Waals surface area contributed by atoms with E-state index in [4.69, 9.17) is 18.0 Å². The van der Waals surface area contributed by atoms with Crippen molar-refractivity contribution in [2.45, 2.75) is 26.7 Å². The summed E-state index contributed by atoms with van der Waals surface area (Å²) in [6.07, 6.45) is 1.25. The van der Waals surface area contributed by atoms with Crippen molar-refractivity contribution in [2.24, 2.45) is 17.1 Å². The number of hydrogen-bond acceptors (Lipinski definition) is 2. The van der Waals surface area contributed by atoms with E-state index < -0.39 is 11.2 Å². The molecule has 102 valence electrons. The fourth-order valence-electron chi connectivity index (χ4n) is 2.65. The van der Waals surface area contributed by atoms with E-state index in [-0.39, 0.29) is 16.6 Å². The molecule has 1 aliphatic carbocycles. The number of rotatable bonds is 3. The summed E-state index contributed by atoms with van der Waals surface area (Å²) in [6, 6.07) is 4.67. The van der Waals surface area contributed by atoms with Gasteiger partial charge in [-0.15, -0.1) is 0 Å². The predicted octanol–water partition coefficient (Wildman–Crippen LogP) is 2.78. The summed E-state index contributed by atoms with van der Waals surface area (Å²) in [5.74, 6) is -0.334. The number of hydrogen-bond donors (Lipinski definition) is 2. The van der Waals surface area contributed by atoms with Crippen LogP contribution in [0.2, 0.25) is 0 Å². The molecule has 3 N–H and O–H groups in total. The topological polar surface area (TPSA) is 55.1 Å². The van der Waals surface area contributed by atoms with Gasteiger partial charge in [0.15, 0.2) is 0 Å². The molecule has 1 aromatic rings. The summed E-state index contributed by atoms with van der Waals surface area (Å²) in [5, 5.41) is 2.64. The molecule has 1 aliphatic rings. The SMILES string of the molecule is Cc1cccc(F)c1NC(=O)C1(C(N)=S)CC(C)C1. The highest BCUT2D eigenvalue weighted by Gasteiger charge is 2.51. The molecule has 1 fully saturated rings. The fourth-order valence-corrected chi connectivity index (χ4v) is 2.91. The van der Waals surface area contributed by atoms with Crippen molar-refractivity contribution in [3.63, 3.8) is 0 Å². The van der Waals surface area contributed by atoms with Crippen LogP contribution >= 0.6 is 12.2 Å². The van der Waals surface area contributed by atoms with E-state index in [9.17, 15) is 9.18 Å². The van der Waals surface area contributed by atoms with E-state index in [1.165, 1.54) is 6.07 Å². The molecule has 0 aromatic heterocycles. The summed E-state index contributed by atoms with van der Waals surface area (Å²) >= 11 is 5.02. The Hall–Kier alpha value is -1.49. The first-order valence-electron chi connectivity index (χ1n) is 6.23.